The molecule has 0 spiro atoms. The minimum atomic E-state index is 0.742. The molecule has 0 N–H and O–H groups in total. The van der Waals surface area contributed by atoms with Crippen molar-refractivity contribution in [1.29, 1.82) is 0 Å². The van der Waals surface area contributed by atoms with E-state index >= 15 is 0 Å². The zero-order chi connectivity index (χ0) is 10.7. The molecule has 0 saturated carbocycles. The highest BCUT2D eigenvalue weighted by Gasteiger charge is 2.04. The Kier molecular flexibility index (Phi) is 3.92. The zero-order valence-corrected chi connectivity index (χ0v) is 10.8. The summed E-state index contributed by atoms with van der Waals surface area (Å²) < 4.78 is 0. The van der Waals surface area contributed by atoms with Crippen LogP contribution < -0.4 is 0 Å². The van der Waals surface area contributed by atoms with Gasteiger partial charge in [0.15, 0.2) is 0 Å². The van der Waals surface area contributed by atoms with Crippen LogP contribution in [0.3, 0.4) is 0 Å². The number of rotatable bonds is 3. The van der Waals surface area contributed by atoms with Gasteiger partial charge in [0.1, 0.15) is 5.01 Å². The van der Waals surface area contributed by atoms with E-state index < -0.39 is 0 Å². The van der Waals surface area contributed by atoms with Gasteiger partial charge < -0.3 is 0 Å². The molecular formula is C10H7Cl2NS2. The molecule has 0 unspecified atom stereocenters. The predicted molar refractivity (Wildman–Crippen MR) is 69.7 cm³/mol. The van der Waals surface area contributed by atoms with Crippen molar-refractivity contribution < 1.29 is 0 Å². The molecule has 0 amide bonds. The van der Waals surface area contributed by atoms with Crippen molar-refractivity contribution in [2.24, 2.45) is 0 Å². The Labute approximate surface area is 106 Å². The fraction of sp³-hybridized carbons (Fsp3) is 0.100. The van der Waals surface area contributed by atoms with Gasteiger partial charge in [0.2, 0.25) is 0 Å². The van der Waals surface area contributed by atoms with Gasteiger partial charge >= 0.3 is 0 Å². The number of nitrogens with zero attached hydrogens (tertiary/aromatic N) is 1. The molecule has 0 aliphatic heterocycles. The maximum absolute atomic E-state index is 5.82. The SMILES string of the molecule is ClSCc1csc(-c2ccc(Cl)cc2)n1. The minimum absolute atomic E-state index is 0.742. The van der Waals surface area contributed by atoms with Gasteiger partial charge in [-0.15, -0.1) is 11.3 Å². The lowest BCUT2D eigenvalue weighted by Gasteiger charge is -1.95. The molecule has 1 nitrogen and oxygen atoms in total. The number of aromatic nitrogens is 1. The fourth-order valence-electron chi connectivity index (χ4n) is 1.15. The molecular weight excluding hydrogens is 269 g/mol. The van der Waals surface area contributed by atoms with E-state index in [1.807, 2.05) is 29.6 Å². The summed E-state index contributed by atoms with van der Waals surface area (Å²) >= 11 is 7.44. The maximum Gasteiger partial charge on any atom is 0.123 e. The summed E-state index contributed by atoms with van der Waals surface area (Å²) in [5, 5.41) is 3.78. The van der Waals surface area contributed by atoms with Crippen molar-refractivity contribution in [2.75, 3.05) is 0 Å². The van der Waals surface area contributed by atoms with E-state index in [2.05, 4.69) is 4.98 Å². The van der Waals surface area contributed by atoms with Crippen LogP contribution >= 0.6 is 44.6 Å². The van der Waals surface area contributed by atoms with E-state index in [0.717, 1.165) is 27.0 Å². The minimum Gasteiger partial charge on any atom is -0.240 e. The highest BCUT2D eigenvalue weighted by Crippen LogP contribution is 2.26. The normalized spacial score (nSPS) is 10.5. The smallest absolute Gasteiger partial charge is 0.123 e. The zero-order valence-electron chi connectivity index (χ0n) is 7.61. The van der Waals surface area contributed by atoms with Crippen molar-refractivity contribution in [2.45, 2.75) is 5.75 Å². The van der Waals surface area contributed by atoms with Gasteiger partial charge in [-0.05, 0) is 33.8 Å². The van der Waals surface area contributed by atoms with Crippen LogP contribution in [0.5, 0.6) is 0 Å². The third-order valence-corrected chi connectivity index (χ3v) is 3.77. The second-order valence-electron chi connectivity index (χ2n) is 2.90. The van der Waals surface area contributed by atoms with Gasteiger partial charge in [0.25, 0.3) is 0 Å². The number of hydrogen-bond acceptors (Lipinski definition) is 3. The summed E-state index contributed by atoms with van der Waals surface area (Å²) in [5.41, 5.74) is 2.11. The van der Waals surface area contributed by atoms with E-state index in [9.17, 15) is 0 Å². The second-order valence-corrected chi connectivity index (χ2v) is 5.36. The number of halogens is 2. The molecule has 0 fully saturated rings. The van der Waals surface area contributed by atoms with Gasteiger partial charge in [0, 0.05) is 16.0 Å². The highest BCUT2D eigenvalue weighted by molar-refractivity contribution is 8.20. The number of benzene rings is 1. The van der Waals surface area contributed by atoms with Crippen molar-refractivity contribution in [3.8, 4) is 10.6 Å². The topological polar surface area (TPSA) is 12.9 Å². The van der Waals surface area contributed by atoms with Crippen LogP contribution in [0.1, 0.15) is 5.69 Å². The van der Waals surface area contributed by atoms with Crippen LogP contribution in [-0.4, -0.2) is 4.98 Å². The van der Waals surface area contributed by atoms with Crippen LogP contribution in [0.15, 0.2) is 29.6 Å². The van der Waals surface area contributed by atoms with Crippen LogP contribution in [0, 0.1) is 0 Å². The Bertz CT molecular complexity index is 439. The standard InChI is InChI=1S/C10H7Cl2NS2/c11-8-3-1-7(2-4-8)10-13-9(5-14-10)6-15-12/h1-5H,6H2. The van der Waals surface area contributed by atoms with Crippen molar-refractivity contribution in [3.05, 3.63) is 40.4 Å². The van der Waals surface area contributed by atoms with Gasteiger partial charge in [-0.25, -0.2) is 4.98 Å². The molecule has 2 rings (SSSR count). The van der Waals surface area contributed by atoms with Crippen molar-refractivity contribution in [3.63, 3.8) is 0 Å². The third-order valence-electron chi connectivity index (χ3n) is 1.85. The number of thiazole rings is 1. The van der Waals surface area contributed by atoms with Crippen LogP contribution in [0.2, 0.25) is 5.02 Å². The molecule has 78 valence electrons. The van der Waals surface area contributed by atoms with Crippen LogP contribution in [-0.2, 0) is 5.75 Å². The van der Waals surface area contributed by atoms with E-state index in [-0.39, 0.29) is 0 Å². The first kappa shape index (κ1) is 11.3. The monoisotopic (exact) mass is 275 g/mol. The van der Waals surface area contributed by atoms with Gasteiger partial charge in [0.05, 0.1) is 11.4 Å². The van der Waals surface area contributed by atoms with E-state index in [1.54, 1.807) is 11.3 Å². The quantitative estimate of drug-likeness (QED) is 0.794. The summed E-state index contributed by atoms with van der Waals surface area (Å²) in [6, 6.07) is 7.68. The van der Waals surface area contributed by atoms with E-state index in [0.29, 0.717) is 0 Å². The van der Waals surface area contributed by atoms with Crippen LogP contribution in [0.25, 0.3) is 10.6 Å². The molecule has 15 heavy (non-hydrogen) atoms. The van der Waals surface area contributed by atoms with Gasteiger partial charge in [-0.2, -0.15) is 0 Å². The Balaban J connectivity index is 2.25. The predicted octanol–water partition coefficient (Wildman–Crippen LogP) is 4.85. The van der Waals surface area contributed by atoms with Gasteiger partial charge in [-0.3, -0.25) is 0 Å². The number of hydrogen-bond donors (Lipinski definition) is 0. The van der Waals surface area contributed by atoms with Crippen LogP contribution in [0.4, 0.5) is 0 Å². The Morgan fingerprint density at radius 1 is 1.27 bits per heavy atom. The van der Waals surface area contributed by atoms with Gasteiger partial charge in [-0.1, -0.05) is 23.7 Å². The molecule has 2 aromatic rings. The fourth-order valence-corrected chi connectivity index (χ4v) is 2.81. The molecule has 0 bridgehead atoms. The lowest BCUT2D eigenvalue weighted by molar-refractivity contribution is 1.24. The lowest BCUT2D eigenvalue weighted by Crippen LogP contribution is -1.79. The maximum atomic E-state index is 5.82. The average molecular weight is 276 g/mol. The molecule has 0 aliphatic carbocycles. The molecule has 0 aliphatic rings. The first-order chi connectivity index (χ1) is 7.29. The lowest BCUT2D eigenvalue weighted by atomic mass is 10.2. The summed E-state index contributed by atoms with van der Waals surface area (Å²) in [7, 11) is 6.84. The Morgan fingerprint density at radius 2 is 2.00 bits per heavy atom. The third kappa shape index (κ3) is 2.88. The van der Waals surface area contributed by atoms with E-state index in [1.165, 1.54) is 11.0 Å². The average Bonchev–Trinajstić information content (AvgIpc) is 2.68. The molecule has 0 atom stereocenters. The summed E-state index contributed by atoms with van der Waals surface area (Å²) in [6.07, 6.45) is 0. The molecule has 0 saturated heterocycles. The van der Waals surface area contributed by atoms with Crippen molar-refractivity contribution >= 4 is 44.6 Å². The Morgan fingerprint density at radius 3 is 2.67 bits per heavy atom. The Hall–Kier alpha value is -0.220. The van der Waals surface area contributed by atoms with Crippen molar-refractivity contribution in [1.82, 2.24) is 4.98 Å². The molecule has 1 heterocycles. The molecule has 5 heteroatoms. The molecule has 0 radical (unpaired) electrons. The summed E-state index contributed by atoms with van der Waals surface area (Å²) in [6.45, 7) is 0. The van der Waals surface area contributed by atoms with E-state index in [4.69, 9.17) is 22.3 Å². The molecule has 1 aromatic carbocycles. The summed E-state index contributed by atoms with van der Waals surface area (Å²) in [5.74, 6) is 0.742. The first-order valence-corrected chi connectivity index (χ1v) is 7.30. The largest absolute Gasteiger partial charge is 0.240 e. The first-order valence-electron chi connectivity index (χ1n) is 4.23. The molecule has 1 aromatic heterocycles. The second kappa shape index (κ2) is 5.21. The highest BCUT2D eigenvalue weighted by atomic mass is 35.7. The summed E-state index contributed by atoms with van der Waals surface area (Å²) in [4.78, 5) is 4.47.